The topological polar surface area (TPSA) is 57.8 Å². The van der Waals surface area contributed by atoms with Gasteiger partial charge in [-0.3, -0.25) is 9.89 Å². The van der Waals surface area contributed by atoms with Crippen molar-refractivity contribution in [3.8, 4) is 0 Å². The van der Waals surface area contributed by atoms with Gasteiger partial charge in [-0.1, -0.05) is 13.8 Å². The molecule has 0 radical (unpaired) electrons. The summed E-state index contributed by atoms with van der Waals surface area (Å²) in [6.45, 7) is 4.87. The zero-order valence-electron chi connectivity index (χ0n) is 9.26. The third-order valence-corrected chi connectivity index (χ3v) is 2.69. The Morgan fingerprint density at radius 3 is 3.07 bits per heavy atom. The fraction of sp³-hybridized carbons (Fsp3) is 0.636. The lowest BCUT2D eigenvalue weighted by Gasteiger charge is -2.06. The third-order valence-electron chi connectivity index (χ3n) is 2.69. The van der Waals surface area contributed by atoms with Crippen LogP contribution in [0.15, 0.2) is 0 Å². The van der Waals surface area contributed by atoms with Crippen molar-refractivity contribution >= 4 is 5.91 Å². The van der Waals surface area contributed by atoms with Gasteiger partial charge in [-0.15, -0.1) is 0 Å². The van der Waals surface area contributed by atoms with Crippen molar-refractivity contribution in [2.24, 2.45) is 5.92 Å². The molecule has 0 saturated carbocycles. The Labute approximate surface area is 89.5 Å². The molecule has 1 aliphatic rings. The first-order valence-corrected chi connectivity index (χ1v) is 5.52. The van der Waals surface area contributed by atoms with Crippen molar-refractivity contribution in [1.29, 1.82) is 0 Å². The van der Waals surface area contributed by atoms with Crippen LogP contribution in [0.25, 0.3) is 0 Å². The number of aryl methyl sites for hydroxylation is 1. The second-order valence-corrected chi connectivity index (χ2v) is 4.49. The minimum atomic E-state index is -0.0388. The van der Waals surface area contributed by atoms with E-state index in [1.54, 1.807) is 0 Å². The van der Waals surface area contributed by atoms with Crippen molar-refractivity contribution in [3.05, 3.63) is 17.0 Å². The predicted molar refractivity (Wildman–Crippen MR) is 57.8 cm³/mol. The molecular formula is C11H17N3O. The minimum absolute atomic E-state index is 0.0388. The van der Waals surface area contributed by atoms with Crippen LogP contribution in [-0.4, -0.2) is 22.6 Å². The van der Waals surface area contributed by atoms with Gasteiger partial charge in [0.1, 0.15) is 0 Å². The van der Waals surface area contributed by atoms with Crippen LogP contribution in [0.5, 0.6) is 0 Å². The number of amides is 1. The van der Waals surface area contributed by atoms with Gasteiger partial charge in [-0.05, 0) is 25.2 Å². The lowest BCUT2D eigenvalue weighted by atomic mass is 10.2. The molecule has 0 aromatic carbocycles. The van der Waals surface area contributed by atoms with Crippen LogP contribution in [0.4, 0.5) is 0 Å². The standard InChI is InChI=1S/C11H17N3O/c1-7(2)6-12-11(15)10-8-4-3-5-9(8)13-14-10/h7H,3-6H2,1-2H3,(H,12,15)(H,13,14). The Morgan fingerprint density at radius 1 is 1.53 bits per heavy atom. The molecule has 4 heteroatoms. The largest absolute Gasteiger partial charge is 0.350 e. The molecular weight excluding hydrogens is 190 g/mol. The summed E-state index contributed by atoms with van der Waals surface area (Å²) in [5.41, 5.74) is 2.86. The molecule has 4 nitrogen and oxygen atoms in total. The molecule has 1 heterocycles. The average Bonchev–Trinajstić information content (AvgIpc) is 2.74. The van der Waals surface area contributed by atoms with Gasteiger partial charge in [-0.25, -0.2) is 0 Å². The van der Waals surface area contributed by atoms with Crippen molar-refractivity contribution in [1.82, 2.24) is 15.5 Å². The average molecular weight is 207 g/mol. The molecule has 82 valence electrons. The van der Waals surface area contributed by atoms with Crippen molar-refractivity contribution in [3.63, 3.8) is 0 Å². The molecule has 0 spiro atoms. The van der Waals surface area contributed by atoms with E-state index in [1.165, 1.54) is 0 Å². The van der Waals surface area contributed by atoms with Gasteiger partial charge in [0.2, 0.25) is 0 Å². The van der Waals surface area contributed by atoms with E-state index in [0.717, 1.165) is 30.5 Å². The summed E-state index contributed by atoms with van der Waals surface area (Å²) in [5.74, 6) is 0.434. The molecule has 1 aromatic rings. The van der Waals surface area contributed by atoms with Crippen LogP contribution >= 0.6 is 0 Å². The molecule has 1 aromatic heterocycles. The summed E-state index contributed by atoms with van der Waals surface area (Å²) >= 11 is 0. The molecule has 0 bridgehead atoms. The monoisotopic (exact) mass is 207 g/mol. The van der Waals surface area contributed by atoms with E-state index in [-0.39, 0.29) is 5.91 Å². The SMILES string of the molecule is CC(C)CNC(=O)c1n[nH]c2c1CCC2. The first kappa shape index (κ1) is 10.2. The number of aromatic amines is 1. The smallest absolute Gasteiger partial charge is 0.272 e. The highest BCUT2D eigenvalue weighted by Gasteiger charge is 2.22. The highest BCUT2D eigenvalue weighted by Crippen LogP contribution is 2.22. The lowest BCUT2D eigenvalue weighted by Crippen LogP contribution is -2.28. The molecule has 2 rings (SSSR count). The summed E-state index contributed by atoms with van der Waals surface area (Å²) in [6, 6.07) is 0. The van der Waals surface area contributed by atoms with E-state index in [0.29, 0.717) is 18.2 Å². The molecule has 0 atom stereocenters. The molecule has 0 saturated heterocycles. The fourth-order valence-corrected chi connectivity index (χ4v) is 1.89. The van der Waals surface area contributed by atoms with Gasteiger partial charge in [0.15, 0.2) is 5.69 Å². The second kappa shape index (κ2) is 4.04. The van der Waals surface area contributed by atoms with E-state index in [2.05, 4.69) is 29.4 Å². The Hall–Kier alpha value is -1.32. The number of fused-ring (bicyclic) bond motifs is 1. The third kappa shape index (κ3) is 2.03. The molecule has 0 fully saturated rings. The van der Waals surface area contributed by atoms with Gasteiger partial charge in [0, 0.05) is 17.8 Å². The van der Waals surface area contributed by atoms with Gasteiger partial charge in [0.05, 0.1) is 0 Å². The molecule has 1 amide bonds. The number of rotatable bonds is 3. The summed E-state index contributed by atoms with van der Waals surface area (Å²) < 4.78 is 0. The highest BCUT2D eigenvalue weighted by molar-refractivity contribution is 5.94. The Morgan fingerprint density at radius 2 is 2.33 bits per heavy atom. The van der Waals surface area contributed by atoms with Crippen molar-refractivity contribution in [2.75, 3.05) is 6.54 Å². The molecule has 0 unspecified atom stereocenters. The van der Waals surface area contributed by atoms with Gasteiger partial charge in [-0.2, -0.15) is 5.10 Å². The van der Waals surface area contributed by atoms with Gasteiger partial charge >= 0.3 is 0 Å². The van der Waals surface area contributed by atoms with Crippen LogP contribution in [0, 0.1) is 5.92 Å². The first-order valence-electron chi connectivity index (χ1n) is 5.52. The van der Waals surface area contributed by atoms with E-state index in [1.807, 2.05) is 0 Å². The van der Waals surface area contributed by atoms with Crippen LogP contribution in [0.1, 0.15) is 42.0 Å². The maximum Gasteiger partial charge on any atom is 0.272 e. The number of H-pyrrole nitrogens is 1. The molecule has 0 aliphatic heterocycles. The second-order valence-electron chi connectivity index (χ2n) is 4.49. The number of hydrogen-bond donors (Lipinski definition) is 2. The zero-order valence-corrected chi connectivity index (χ0v) is 9.26. The Bertz CT molecular complexity index is 368. The first-order chi connectivity index (χ1) is 7.18. The van der Waals surface area contributed by atoms with Gasteiger partial charge < -0.3 is 5.32 Å². The number of nitrogens with one attached hydrogen (secondary N) is 2. The summed E-state index contributed by atoms with van der Waals surface area (Å²) in [6.07, 6.45) is 3.14. The summed E-state index contributed by atoms with van der Waals surface area (Å²) in [5, 5.41) is 9.92. The fourth-order valence-electron chi connectivity index (χ4n) is 1.89. The molecule has 15 heavy (non-hydrogen) atoms. The predicted octanol–water partition coefficient (Wildman–Crippen LogP) is 1.28. The number of aromatic nitrogens is 2. The number of carbonyl (C=O) groups is 1. The molecule has 2 N–H and O–H groups in total. The van der Waals surface area contributed by atoms with Crippen molar-refractivity contribution in [2.45, 2.75) is 33.1 Å². The van der Waals surface area contributed by atoms with Gasteiger partial charge in [0.25, 0.3) is 5.91 Å². The number of carbonyl (C=O) groups excluding carboxylic acids is 1. The number of hydrogen-bond acceptors (Lipinski definition) is 2. The summed E-state index contributed by atoms with van der Waals surface area (Å²) in [7, 11) is 0. The highest BCUT2D eigenvalue weighted by atomic mass is 16.1. The maximum atomic E-state index is 11.8. The summed E-state index contributed by atoms with van der Waals surface area (Å²) in [4.78, 5) is 11.8. The van der Waals surface area contributed by atoms with Crippen molar-refractivity contribution < 1.29 is 4.79 Å². The maximum absolute atomic E-state index is 11.8. The van der Waals surface area contributed by atoms with E-state index in [4.69, 9.17) is 0 Å². The zero-order chi connectivity index (χ0) is 10.8. The normalized spacial score (nSPS) is 14.3. The number of nitrogens with zero attached hydrogens (tertiary/aromatic N) is 1. The molecule has 1 aliphatic carbocycles. The lowest BCUT2D eigenvalue weighted by molar-refractivity contribution is 0.0943. The van der Waals surface area contributed by atoms with Crippen LogP contribution in [0.3, 0.4) is 0 Å². The quantitative estimate of drug-likeness (QED) is 0.784. The Balaban J connectivity index is 2.06. The van der Waals surface area contributed by atoms with E-state index in [9.17, 15) is 4.79 Å². The van der Waals surface area contributed by atoms with E-state index >= 15 is 0 Å². The Kier molecular flexibility index (Phi) is 2.75. The van der Waals surface area contributed by atoms with Crippen LogP contribution in [-0.2, 0) is 12.8 Å². The van der Waals surface area contributed by atoms with E-state index < -0.39 is 0 Å². The minimum Gasteiger partial charge on any atom is -0.350 e. The van der Waals surface area contributed by atoms with Crippen LogP contribution < -0.4 is 5.32 Å². The van der Waals surface area contributed by atoms with Crippen LogP contribution in [0.2, 0.25) is 0 Å².